The molecule has 0 radical (unpaired) electrons. The van der Waals surface area contributed by atoms with Crippen molar-refractivity contribution in [1.82, 2.24) is 20.4 Å². The zero-order valence-corrected chi connectivity index (χ0v) is 20.3. The molecule has 2 aliphatic heterocycles. The summed E-state index contributed by atoms with van der Waals surface area (Å²) in [6, 6.07) is 5.32. The number of guanidine groups is 1. The van der Waals surface area contributed by atoms with E-state index in [0.29, 0.717) is 5.92 Å². The van der Waals surface area contributed by atoms with Crippen molar-refractivity contribution in [2.45, 2.75) is 12.5 Å². The third kappa shape index (κ3) is 6.92. The van der Waals surface area contributed by atoms with Crippen LogP contribution in [0.1, 0.15) is 18.0 Å². The Kier molecular flexibility index (Phi) is 10.4. The first-order chi connectivity index (χ1) is 13.6. The van der Waals surface area contributed by atoms with Crippen LogP contribution in [0.4, 0.5) is 4.39 Å². The highest BCUT2D eigenvalue weighted by Crippen LogP contribution is 2.36. The topological polar surface area (TPSA) is 52.1 Å². The first-order valence-corrected chi connectivity index (χ1v) is 10.4. The van der Waals surface area contributed by atoms with E-state index in [0.717, 1.165) is 70.4 Å². The van der Waals surface area contributed by atoms with Gasteiger partial charge in [0, 0.05) is 45.8 Å². The van der Waals surface area contributed by atoms with Crippen LogP contribution in [-0.4, -0.2) is 82.3 Å². The van der Waals surface area contributed by atoms with E-state index < -0.39 is 0 Å². The Balaban J connectivity index is 0.00000300. The molecule has 3 rings (SSSR count). The van der Waals surface area contributed by atoms with Crippen LogP contribution >= 0.6 is 35.6 Å². The Bertz CT molecular complexity index is 674. The van der Waals surface area contributed by atoms with Crippen molar-refractivity contribution >= 4 is 41.5 Å². The van der Waals surface area contributed by atoms with Gasteiger partial charge in [-0.05, 0) is 43.6 Å². The van der Waals surface area contributed by atoms with Gasteiger partial charge in [0.1, 0.15) is 5.82 Å². The van der Waals surface area contributed by atoms with Gasteiger partial charge in [-0.3, -0.25) is 14.8 Å². The maximum atomic E-state index is 13.9. The number of morpholine rings is 1. The molecule has 0 aromatic heterocycles. The monoisotopic (exact) mass is 539 g/mol. The molecule has 1 aromatic rings. The molecule has 2 saturated heterocycles. The minimum absolute atomic E-state index is 0. The van der Waals surface area contributed by atoms with E-state index in [-0.39, 0.29) is 40.9 Å². The number of likely N-dealkylation sites (tertiary alicyclic amines) is 1. The van der Waals surface area contributed by atoms with Crippen LogP contribution in [0.25, 0.3) is 0 Å². The van der Waals surface area contributed by atoms with Crippen LogP contribution < -0.4 is 10.6 Å². The lowest BCUT2D eigenvalue weighted by Gasteiger charge is -2.28. The third-order valence-corrected chi connectivity index (χ3v) is 5.95. The zero-order valence-electron chi connectivity index (χ0n) is 17.2. The molecular formula is C20H32ClFIN5O. The largest absolute Gasteiger partial charge is 0.379 e. The maximum absolute atomic E-state index is 13.9. The van der Waals surface area contributed by atoms with Crippen molar-refractivity contribution in [1.29, 1.82) is 0 Å². The summed E-state index contributed by atoms with van der Waals surface area (Å²) >= 11 is 5.85. The van der Waals surface area contributed by atoms with Gasteiger partial charge < -0.3 is 15.4 Å². The van der Waals surface area contributed by atoms with E-state index >= 15 is 0 Å². The van der Waals surface area contributed by atoms with E-state index in [1.54, 1.807) is 19.2 Å². The molecule has 2 unspecified atom stereocenters. The quantitative estimate of drug-likeness (QED) is 0.331. The van der Waals surface area contributed by atoms with Gasteiger partial charge in [0.2, 0.25) is 0 Å². The van der Waals surface area contributed by atoms with E-state index in [1.807, 2.05) is 6.07 Å². The predicted octanol–water partition coefficient (Wildman–Crippen LogP) is 2.59. The van der Waals surface area contributed by atoms with Gasteiger partial charge in [0.05, 0.1) is 18.2 Å². The SMILES string of the molecule is CN=C(NCCN1CCOCC1)NCC1CCN(C)C1c1ccc(Cl)c(F)c1.I. The molecule has 0 bridgehead atoms. The second kappa shape index (κ2) is 12.2. The maximum Gasteiger partial charge on any atom is 0.191 e. The van der Waals surface area contributed by atoms with Crippen LogP contribution in [0.15, 0.2) is 23.2 Å². The molecule has 2 aliphatic rings. The van der Waals surface area contributed by atoms with Crippen molar-refractivity contribution < 1.29 is 9.13 Å². The fourth-order valence-corrected chi connectivity index (χ4v) is 4.19. The second-order valence-electron chi connectivity index (χ2n) is 7.48. The summed E-state index contributed by atoms with van der Waals surface area (Å²) in [4.78, 5) is 9.01. The minimum atomic E-state index is -0.355. The smallest absolute Gasteiger partial charge is 0.191 e. The van der Waals surface area contributed by atoms with Gasteiger partial charge in [-0.15, -0.1) is 24.0 Å². The number of hydrogen-bond acceptors (Lipinski definition) is 4. The van der Waals surface area contributed by atoms with Crippen molar-refractivity contribution in [2.75, 3.05) is 66.6 Å². The first-order valence-electron chi connectivity index (χ1n) is 9.98. The molecule has 0 spiro atoms. The fraction of sp³-hybridized carbons (Fsp3) is 0.650. The van der Waals surface area contributed by atoms with Crippen LogP contribution in [0.2, 0.25) is 5.02 Å². The molecule has 0 saturated carbocycles. The van der Waals surface area contributed by atoms with Gasteiger partial charge in [-0.2, -0.15) is 0 Å². The van der Waals surface area contributed by atoms with Gasteiger partial charge in [0.15, 0.2) is 5.96 Å². The number of nitrogens with zero attached hydrogens (tertiary/aromatic N) is 3. The Morgan fingerprint density at radius 3 is 2.72 bits per heavy atom. The van der Waals surface area contributed by atoms with Crippen LogP contribution in [0.3, 0.4) is 0 Å². The lowest BCUT2D eigenvalue weighted by Crippen LogP contribution is -2.45. The third-order valence-electron chi connectivity index (χ3n) is 5.64. The minimum Gasteiger partial charge on any atom is -0.379 e. The number of rotatable bonds is 6. The summed E-state index contributed by atoms with van der Waals surface area (Å²) in [6.07, 6.45) is 1.06. The van der Waals surface area contributed by atoms with E-state index in [4.69, 9.17) is 16.3 Å². The van der Waals surface area contributed by atoms with E-state index in [2.05, 4.69) is 32.5 Å². The molecule has 164 valence electrons. The highest BCUT2D eigenvalue weighted by molar-refractivity contribution is 14.0. The summed E-state index contributed by atoms with van der Waals surface area (Å²) in [6.45, 7) is 7.20. The average molecular weight is 540 g/mol. The fourth-order valence-electron chi connectivity index (χ4n) is 4.07. The number of aliphatic imine (C=N–C) groups is 1. The molecule has 9 heteroatoms. The summed E-state index contributed by atoms with van der Waals surface area (Å²) in [5.74, 6) is 0.832. The Morgan fingerprint density at radius 2 is 2.03 bits per heavy atom. The molecule has 29 heavy (non-hydrogen) atoms. The average Bonchev–Trinajstić information content (AvgIpc) is 3.08. The molecule has 2 N–H and O–H groups in total. The molecule has 0 amide bonds. The Labute approximate surface area is 195 Å². The normalized spacial score (nSPS) is 23.7. The lowest BCUT2D eigenvalue weighted by molar-refractivity contribution is 0.0389. The van der Waals surface area contributed by atoms with Crippen molar-refractivity contribution in [3.05, 3.63) is 34.6 Å². The number of hydrogen-bond donors (Lipinski definition) is 2. The summed E-state index contributed by atoms with van der Waals surface area (Å²) in [7, 11) is 3.88. The predicted molar refractivity (Wildman–Crippen MR) is 127 cm³/mol. The van der Waals surface area contributed by atoms with Crippen molar-refractivity contribution in [3.8, 4) is 0 Å². The van der Waals surface area contributed by atoms with E-state index in [1.165, 1.54) is 0 Å². The standard InChI is InChI=1S/C20H31ClFN5O.HI/c1-23-20(24-6-8-27-9-11-28-12-10-27)25-14-16-5-7-26(2)19(16)15-3-4-17(21)18(22)13-15;/h3-4,13,16,19H,5-12,14H2,1-2H3,(H2,23,24,25);1H. The number of benzene rings is 1. The lowest BCUT2D eigenvalue weighted by atomic mass is 9.93. The van der Waals surface area contributed by atoms with Crippen LogP contribution in [-0.2, 0) is 4.74 Å². The number of halogens is 3. The highest BCUT2D eigenvalue weighted by atomic mass is 127. The van der Waals surface area contributed by atoms with Crippen LogP contribution in [0.5, 0.6) is 0 Å². The second-order valence-corrected chi connectivity index (χ2v) is 7.89. The Hall–Kier alpha value is -0.680. The molecule has 2 fully saturated rings. The van der Waals surface area contributed by atoms with E-state index in [9.17, 15) is 4.39 Å². The number of ether oxygens (including phenoxy) is 1. The van der Waals surface area contributed by atoms with Crippen molar-refractivity contribution in [3.63, 3.8) is 0 Å². The molecule has 2 heterocycles. The molecular weight excluding hydrogens is 508 g/mol. The summed E-state index contributed by atoms with van der Waals surface area (Å²) in [5.41, 5.74) is 0.976. The Morgan fingerprint density at radius 1 is 1.28 bits per heavy atom. The van der Waals surface area contributed by atoms with Gasteiger partial charge in [0.25, 0.3) is 0 Å². The molecule has 6 nitrogen and oxygen atoms in total. The molecule has 1 aromatic carbocycles. The van der Waals surface area contributed by atoms with Crippen molar-refractivity contribution in [2.24, 2.45) is 10.9 Å². The van der Waals surface area contributed by atoms with Gasteiger partial charge >= 0.3 is 0 Å². The first kappa shape index (κ1) is 24.6. The van der Waals surface area contributed by atoms with Gasteiger partial charge in [-0.25, -0.2) is 4.39 Å². The summed E-state index contributed by atoms with van der Waals surface area (Å²) in [5, 5.41) is 7.00. The molecule has 0 aliphatic carbocycles. The highest BCUT2D eigenvalue weighted by Gasteiger charge is 2.33. The molecule has 2 atom stereocenters. The van der Waals surface area contributed by atoms with Crippen LogP contribution in [0, 0.1) is 11.7 Å². The summed E-state index contributed by atoms with van der Waals surface area (Å²) < 4.78 is 19.3. The van der Waals surface area contributed by atoms with Gasteiger partial charge in [-0.1, -0.05) is 17.7 Å². The zero-order chi connectivity index (χ0) is 19.9. The number of nitrogens with one attached hydrogen (secondary N) is 2.